The van der Waals surface area contributed by atoms with Gasteiger partial charge in [-0.3, -0.25) is 0 Å². The second-order valence-electron chi connectivity index (χ2n) is 2.51. The largest absolute Gasteiger partial charge is 0.375 e. The van der Waals surface area contributed by atoms with Gasteiger partial charge in [0.05, 0.1) is 0 Å². The van der Waals surface area contributed by atoms with Crippen molar-refractivity contribution in [3.05, 3.63) is 20.3 Å². The summed E-state index contributed by atoms with van der Waals surface area (Å²) in [5.74, 6) is 0. The van der Waals surface area contributed by atoms with Gasteiger partial charge in [-0.25, -0.2) is 0 Å². The molecule has 1 rings (SSSR count). The van der Waals surface area contributed by atoms with Crippen molar-refractivity contribution in [1.29, 1.82) is 0 Å². The first-order valence-corrected chi connectivity index (χ1v) is 5.28. The zero-order chi connectivity index (χ0) is 9.14. The second kappa shape index (κ2) is 4.37. The van der Waals surface area contributed by atoms with Gasteiger partial charge in [0.25, 0.3) is 0 Å². The smallest absolute Gasteiger partial charge is 0.103 e. The predicted octanol–water partition coefficient (Wildman–Crippen LogP) is 2.47. The lowest BCUT2D eigenvalue weighted by Crippen LogP contribution is -2.12. The van der Waals surface area contributed by atoms with Crippen LogP contribution in [0.4, 0.5) is 0 Å². The number of hydrogen-bond donors (Lipinski definition) is 1. The molecule has 2 N–H and O–H groups in total. The highest BCUT2D eigenvalue weighted by molar-refractivity contribution is 9.10. The van der Waals surface area contributed by atoms with Crippen LogP contribution in [-0.2, 0) is 4.74 Å². The van der Waals surface area contributed by atoms with Crippen LogP contribution in [0.5, 0.6) is 0 Å². The number of rotatable bonds is 3. The Hall–Kier alpha value is 0.1000. The average Bonchev–Trinajstić information content (AvgIpc) is 2.35. The van der Waals surface area contributed by atoms with Gasteiger partial charge in [0.15, 0.2) is 0 Å². The lowest BCUT2D eigenvalue weighted by molar-refractivity contribution is 0.113. The van der Waals surface area contributed by atoms with E-state index in [4.69, 9.17) is 10.5 Å². The topological polar surface area (TPSA) is 35.2 Å². The van der Waals surface area contributed by atoms with E-state index in [2.05, 4.69) is 28.9 Å². The van der Waals surface area contributed by atoms with Crippen LogP contribution in [0.15, 0.2) is 10.5 Å². The summed E-state index contributed by atoms with van der Waals surface area (Å²) < 4.78 is 6.36. The van der Waals surface area contributed by atoms with Crippen LogP contribution < -0.4 is 5.73 Å². The van der Waals surface area contributed by atoms with E-state index in [-0.39, 0.29) is 6.10 Å². The van der Waals surface area contributed by atoms with E-state index >= 15 is 0 Å². The van der Waals surface area contributed by atoms with Gasteiger partial charge in [-0.15, -0.1) is 11.3 Å². The number of hydrogen-bond acceptors (Lipinski definition) is 3. The molecule has 0 aromatic carbocycles. The molecular formula is C8H12BrNOS. The van der Waals surface area contributed by atoms with Gasteiger partial charge in [-0.2, -0.15) is 0 Å². The molecule has 1 heterocycles. The molecule has 0 spiro atoms. The minimum Gasteiger partial charge on any atom is -0.375 e. The fourth-order valence-electron chi connectivity index (χ4n) is 0.969. The van der Waals surface area contributed by atoms with Gasteiger partial charge in [0.1, 0.15) is 6.10 Å². The standard InChI is InChI=1S/C8H12BrNOS/c1-5-6(9)3-8(12-5)7(4-10)11-2/h3,7H,4,10H2,1-2H3. The number of halogens is 1. The monoisotopic (exact) mass is 249 g/mol. The molecule has 0 aliphatic carbocycles. The Balaban J connectivity index is 2.86. The van der Waals surface area contributed by atoms with Crippen molar-refractivity contribution in [3.63, 3.8) is 0 Å². The first-order chi connectivity index (χ1) is 5.69. The molecule has 0 radical (unpaired) electrons. The van der Waals surface area contributed by atoms with Crippen LogP contribution in [0.2, 0.25) is 0 Å². The number of methoxy groups -OCH3 is 1. The predicted molar refractivity (Wildman–Crippen MR) is 55.6 cm³/mol. The molecule has 0 aliphatic rings. The maximum atomic E-state index is 5.54. The van der Waals surface area contributed by atoms with Crippen LogP contribution in [0.25, 0.3) is 0 Å². The van der Waals surface area contributed by atoms with Crippen molar-refractivity contribution >= 4 is 27.3 Å². The van der Waals surface area contributed by atoms with Crippen molar-refractivity contribution in [2.75, 3.05) is 13.7 Å². The van der Waals surface area contributed by atoms with Crippen LogP contribution in [0.1, 0.15) is 15.9 Å². The summed E-state index contributed by atoms with van der Waals surface area (Å²) in [6.45, 7) is 2.60. The Bertz CT molecular complexity index is 238. The minimum absolute atomic E-state index is 0.0417. The van der Waals surface area contributed by atoms with Gasteiger partial charge < -0.3 is 10.5 Å². The second-order valence-corrected chi connectivity index (χ2v) is 4.66. The fraction of sp³-hybridized carbons (Fsp3) is 0.500. The summed E-state index contributed by atoms with van der Waals surface area (Å²) in [4.78, 5) is 2.45. The molecule has 0 aliphatic heterocycles. The number of thiophene rings is 1. The zero-order valence-electron chi connectivity index (χ0n) is 7.13. The summed E-state index contributed by atoms with van der Waals surface area (Å²) in [6, 6.07) is 2.07. The quantitative estimate of drug-likeness (QED) is 0.894. The van der Waals surface area contributed by atoms with Crippen LogP contribution in [-0.4, -0.2) is 13.7 Å². The Morgan fingerprint density at radius 2 is 2.42 bits per heavy atom. The fourth-order valence-corrected chi connectivity index (χ4v) is 2.62. The maximum absolute atomic E-state index is 5.54. The molecule has 4 heteroatoms. The molecule has 12 heavy (non-hydrogen) atoms. The van der Waals surface area contributed by atoms with E-state index in [0.29, 0.717) is 6.54 Å². The lowest BCUT2D eigenvalue weighted by Gasteiger charge is -2.09. The minimum atomic E-state index is 0.0417. The number of nitrogens with two attached hydrogens (primary N) is 1. The molecule has 0 saturated heterocycles. The normalized spacial score (nSPS) is 13.3. The Morgan fingerprint density at radius 1 is 1.75 bits per heavy atom. The van der Waals surface area contributed by atoms with Crippen molar-refractivity contribution in [2.24, 2.45) is 5.73 Å². The van der Waals surface area contributed by atoms with E-state index in [1.54, 1.807) is 18.4 Å². The number of ether oxygens (including phenoxy) is 1. The summed E-state index contributed by atoms with van der Waals surface area (Å²) in [5.41, 5.74) is 5.54. The maximum Gasteiger partial charge on any atom is 0.103 e. The Kier molecular flexibility index (Phi) is 3.71. The molecule has 1 unspecified atom stereocenters. The highest BCUT2D eigenvalue weighted by Crippen LogP contribution is 2.31. The lowest BCUT2D eigenvalue weighted by atomic mass is 10.3. The van der Waals surface area contributed by atoms with E-state index < -0.39 is 0 Å². The Morgan fingerprint density at radius 3 is 2.75 bits per heavy atom. The molecule has 0 amide bonds. The van der Waals surface area contributed by atoms with Crippen LogP contribution in [0.3, 0.4) is 0 Å². The van der Waals surface area contributed by atoms with Crippen molar-refractivity contribution in [1.82, 2.24) is 0 Å². The van der Waals surface area contributed by atoms with Crippen molar-refractivity contribution < 1.29 is 4.74 Å². The first-order valence-electron chi connectivity index (χ1n) is 3.67. The van der Waals surface area contributed by atoms with Gasteiger partial charge in [-0.1, -0.05) is 0 Å². The molecule has 0 fully saturated rings. The Labute approximate surface area is 84.9 Å². The van der Waals surface area contributed by atoms with E-state index in [1.807, 2.05) is 0 Å². The third-order valence-corrected chi connectivity index (χ3v) is 3.92. The van der Waals surface area contributed by atoms with E-state index in [0.717, 1.165) is 4.47 Å². The van der Waals surface area contributed by atoms with Gasteiger partial charge in [0, 0.05) is 27.9 Å². The summed E-state index contributed by atoms with van der Waals surface area (Å²) in [5, 5.41) is 0. The highest BCUT2D eigenvalue weighted by Gasteiger charge is 2.12. The molecule has 1 aromatic heterocycles. The third kappa shape index (κ3) is 2.07. The molecule has 2 nitrogen and oxygen atoms in total. The van der Waals surface area contributed by atoms with Gasteiger partial charge in [-0.05, 0) is 28.9 Å². The van der Waals surface area contributed by atoms with Crippen LogP contribution >= 0.6 is 27.3 Å². The number of aryl methyl sites for hydroxylation is 1. The highest BCUT2D eigenvalue weighted by atomic mass is 79.9. The zero-order valence-corrected chi connectivity index (χ0v) is 9.54. The third-order valence-electron chi connectivity index (χ3n) is 1.69. The molecule has 0 saturated carbocycles. The molecular weight excluding hydrogens is 238 g/mol. The van der Waals surface area contributed by atoms with Crippen LogP contribution in [0, 0.1) is 6.92 Å². The summed E-state index contributed by atoms with van der Waals surface area (Å²) in [6.07, 6.45) is 0.0417. The molecule has 1 atom stereocenters. The summed E-state index contributed by atoms with van der Waals surface area (Å²) in [7, 11) is 1.68. The van der Waals surface area contributed by atoms with Gasteiger partial charge >= 0.3 is 0 Å². The van der Waals surface area contributed by atoms with E-state index in [9.17, 15) is 0 Å². The van der Waals surface area contributed by atoms with Crippen molar-refractivity contribution in [3.8, 4) is 0 Å². The SMILES string of the molecule is COC(CN)c1cc(Br)c(C)s1. The average molecular weight is 250 g/mol. The first kappa shape index (κ1) is 10.2. The molecule has 0 bridgehead atoms. The molecule has 1 aromatic rings. The van der Waals surface area contributed by atoms with Crippen molar-refractivity contribution in [2.45, 2.75) is 13.0 Å². The van der Waals surface area contributed by atoms with E-state index in [1.165, 1.54) is 9.75 Å². The van der Waals surface area contributed by atoms with Gasteiger partial charge in [0.2, 0.25) is 0 Å². The summed E-state index contributed by atoms with van der Waals surface area (Å²) >= 11 is 5.18. The molecule has 68 valence electrons.